The maximum Gasteiger partial charge on any atom is 0.407 e. The van der Waals surface area contributed by atoms with Crippen LogP contribution >= 0.6 is 11.8 Å². The Labute approximate surface area is 200 Å². The lowest BCUT2D eigenvalue weighted by Crippen LogP contribution is -2.51. The number of rotatable bonds is 12. The Morgan fingerprint density at radius 1 is 1.24 bits per heavy atom. The largest absolute Gasteiger partial charge is 0.448 e. The second-order valence-electron chi connectivity index (χ2n) is 9.34. The Bertz CT molecular complexity index is 816. The molecule has 0 bridgehead atoms. The fourth-order valence-electron chi connectivity index (χ4n) is 3.57. The maximum absolute atomic E-state index is 12.8. The van der Waals surface area contributed by atoms with Crippen molar-refractivity contribution in [2.75, 3.05) is 13.2 Å². The monoisotopic (exact) mass is 477 g/mol. The van der Waals surface area contributed by atoms with Gasteiger partial charge in [0.25, 0.3) is 0 Å². The minimum atomic E-state index is -0.845. The highest BCUT2D eigenvalue weighted by atomic mass is 32.2. The van der Waals surface area contributed by atoms with Crippen LogP contribution in [0, 0.1) is 11.8 Å². The van der Waals surface area contributed by atoms with Gasteiger partial charge in [-0.1, -0.05) is 32.0 Å². The van der Waals surface area contributed by atoms with Crippen LogP contribution in [0.5, 0.6) is 0 Å². The first kappa shape index (κ1) is 26.7. The van der Waals surface area contributed by atoms with Crippen molar-refractivity contribution in [3.8, 4) is 0 Å². The van der Waals surface area contributed by atoms with Crippen LogP contribution in [0.2, 0.25) is 0 Å². The molecule has 1 aliphatic rings. The number of hydrogen-bond acceptors (Lipinski definition) is 6. The van der Waals surface area contributed by atoms with Gasteiger partial charge >= 0.3 is 6.09 Å². The van der Waals surface area contributed by atoms with Crippen LogP contribution in [0.1, 0.15) is 47.0 Å². The topological polar surface area (TPSA) is 114 Å². The average Bonchev–Trinajstić information content (AvgIpc) is 3.15. The van der Waals surface area contributed by atoms with Crippen LogP contribution in [0.25, 0.3) is 0 Å². The van der Waals surface area contributed by atoms with Crippen molar-refractivity contribution in [1.82, 2.24) is 16.0 Å². The molecule has 1 aliphatic heterocycles. The van der Waals surface area contributed by atoms with Gasteiger partial charge in [0.2, 0.25) is 11.8 Å². The summed E-state index contributed by atoms with van der Waals surface area (Å²) < 4.78 is 5.06. The molecule has 0 aliphatic carbocycles. The predicted octanol–water partition coefficient (Wildman–Crippen LogP) is 2.91. The summed E-state index contributed by atoms with van der Waals surface area (Å²) in [7, 11) is 0. The number of alkyl carbamates (subject to hydrolysis) is 1. The summed E-state index contributed by atoms with van der Waals surface area (Å²) in [5.41, 5.74) is 0. The molecule has 0 radical (unpaired) electrons. The van der Waals surface area contributed by atoms with Crippen LogP contribution in [-0.2, 0) is 19.1 Å². The highest BCUT2D eigenvalue weighted by Gasteiger charge is 2.30. The van der Waals surface area contributed by atoms with Crippen molar-refractivity contribution in [2.24, 2.45) is 11.8 Å². The van der Waals surface area contributed by atoms with Crippen LogP contribution in [-0.4, -0.2) is 54.2 Å². The highest BCUT2D eigenvalue weighted by Crippen LogP contribution is 2.32. The zero-order valence-electron chi connectivity index (χ0n) is 19.8. The Hall–Kier alpha value is -2.55. The van der Waals surface area contributed by atoms with Gasteiger partial charge in [-0.3, -0.25) is 9.59 Å². The van der Waals surface area contributed by atoms with Gasteiger partial charge in [0.1, 0.15) is 18.9 Å². The molecule has 2 rings (SSSR count). The summed E-state index contributed by atoms with van der Waals surface area (Å²) in [4.78, 5) is 49.7. The van der Waals surface area contributed by atoms with Crippen LogP contribution in [0.15, 0.2) is 35.2 Å². The zero-order chi connectivity index (χ0) is 24.4. The molecule has 3 atom stereocenters. The van der Waals surface area contributed by atoms with Crippen molar-refractivity contribution < 1.29 is 23.9 Å². The minimum Gasteiger partial charge on any atom is -0.448 e. The number of carbonyl (C=O) groups is 4. The van der Waals surface area contributed by atoms with Crippen LogP contribution in [0.3, 0.4) is 0 Å². The van der Waals surface area contributed by atoms with E-state index in [1.165, 1.54) is 0 Å². The van der Waals surface area contributed by atoms with E-state index < -0.39 is 24.1 Å². The summed E-state index contributed by atoms with van der Waals surface area (Å²) >= 11 is 1.59. The van der Waals surface area contributed by atoms with Gasteiger partial charge in [-0.05, 0) is 51.2 Å². The quantitative estimate of drug-likeness (QED) is 0.315. The number of aldehydes is 1. The minimum absolute atomic E-state index is 0.104. The smallest absolute Gasteiger partial charge is 0.407 e. The van der Waals surface area contributed by atoms with Crippen molar-refractivity contribution in [1.29, 1.82) is 0 Å². The Morgan fingerprint density at radius 3 is 2.52 bits per heavy atom. The van der Waals surface area contributed by atoms with Gasteiger partial charge in [0.15, 0.2) is 0 Å². The number of hydrogen-bond donors (Lipinski definition) is 3. The van der Waals surface area contributed by atoms with Gasteiger partial charge in [0, 0.05) is 22.1 Å². The standard InChI is InChI=1S/C24H35N3O5S/c1-16(2)12-20(22(30)26-18(14-28)13-17-10-11-25-21(17)29)27-23(31)32-15-24(3,4)33-19-8-6-5-7-9-19/h5-9,14,16-18,20H,10-13,15H2,1-4H3,(H,25,29)(H,26,30)(H,27,31)/t17-,18-,20-/m0/s1. The molecule has 0 unspecified atom stereocenters. The predicted molar refractivity (Wildman–Crippen MR) is 128 cm³/mol. The van der Waals surface area contributed by atoms with Gasteiger partial charge in [-0.2, -0.15) is 0 Å². The second kappa shape index (κ2) is 12.6. The van der Waals surface area contributed by atoms with E-state index in [1.54, 1.807) is 11.8 Å². The number of amides is 3. The second-order valence-corrected chi connectivity index (χ2v) is 11.1. The van der Waals surface area contributed by atoms with Crippen LogP contribution < -0.4 is 16.0 Å². The fourth-order valence-corrected chi connectivity index (χ4v) is 4.62. The molecule has 3 N–H and O–H groups in total. The molecule has 1 saturated heterocycles. The summed E-state index contributed by atoms with van der Waals surface area (Å²) in [5.74, 6) is -0.741. The molecule has 0 spiro atoms. The summed E-state index contributed by atoms with van der Waals surface area (Å²) in [6, 6.07) is 8.20. The van der Waals surface area contributed by atoms with E-state index >= 15 is 0 Å². The maximum atomic E-state index is 12.8. The van der Waals surface area contributed by atoms with E-state index in [4.69, 9.17) is 4.74 Å². The molecule has 9 heteroatoms. The molecule has 1 fully saturated rings. The van der Waals surface area contributed by atoms with Crippen LogP contribution in [0.4, 0.5) is 4.79 Å². The summed E-state index contributed by atoms with van der Waals surface area (Å²) in [6.07, 6.45) is 1.21. The van der Waals surface area contributed by atoms with E-state index in [-0.39, 0.29) is 35.5 Å². The molecular weight excluding hydrogens is 442 g/mol. The summed E-state index contributed by atoms with van der Waals surface area (Å²) in [5, 5.41) is 8.03. The highest BCUT2D eigenvalue weighted by molar-refractivity contribution is 8.00. The summed E-state index contributed by atoms with van der Waals surface area (Å²) in [6.45, 7) is 8.56. The molecule has 8 nitrogen and oxygen atoms in total. The number of carbonyl (C=O) groups excluding carboxylic acids is 4. The average molecular weight is 478 g/mol. The number of thioether (sulfide) groups is 1. The van der Waals surface area contributed by atoms with Crippen molar-refractivity contribution in [3.63, 3.8) is 0 Å². The normalized spacial score (nSPS) is 17.7. The first-order valence-corrected chi connectivity index (χ1v) is 12.1. The van der Waals surface area contributed by atoms with Crippen molar-refractivity contribution in [3.05, 3.63) is 30.3 Å². The third-order valence-electron chi connectivity index (χ3n) is 5.20. The Balaban J connectivity index is 1.90. The van der Waals surface area contributed by atoms with E-state index in [9.17, 15) is 19.2 Å². The third kappa shape index (κ3) is 9.45. The van der Waals surface area contributed by atoms with Crippen molar-refractivity contribution >= 4 is 36.0 Å². The molecular formula is C24H35N3O5S. The van der Waals surface area contributed by atoms with Gasteiger partial charge in [0.05, 0.1) is 6.04 Å². The number of benzene rings is 1. The molecule has 0 aromatic heterocycles. The molecule has 1 heterocycles. The van der Waals surface area contributed by atoms with E-state index in [0.29, 0.717) is 25.7 Å². The zero-order valence-corrected chi connectivity index (χ0v) is 20.6. The number of nitrogens with one attached hydrogen (secondary N) is 3. The lowest BCUT2D eigenvalue weighted by Gasteiger charge is -2.26. The Kier molecular flexibility index (Phi) is 10.2. The first-order valence-electron chi connectivity index (χ1n) is 11.3. The van der Waals surface area contributed by atoms with Gasteiger partial charge in [-0.25, -0.2) is 4.79 Å². The number of ether oxygens (including phenoxy) is 1. The lowest BCUT2D eigenvalue weighted by atomic mass is 9.98. The molecule has 33 heavy (non-hydrogen) atoms. The lowest BCUT2D eigenvalue weighted by molar-refractivity contribution is -0.127. The Morgan fingerprint density at radius 2 is 1.94 bits per heavy atom. The molecule has 182 valence electrons. The molecule has 1 aromatic carbocycles. The van der Waals surface area contributed by atoms with Crippen molar-refractivity contribution in [2.45, 2.75) is 68.7 Å². The van der Waals surface area contributed by atoms with E-state index in [1.807, 2.05) is 58.0 Å². The molecule has 0 saturated carbocycles. The SMILES string of the molecule is CC(C)C[C@H](NC(=O)OCC(C)(C)Sc1ccccc1)C(=O)N[C@H](C=O)C[C@@H]1CCNC1=O. The van der Waals surface area contributed by atoms with Gasteiger partial charge in [-0.15, -0.1) is 11.8 Å². The van der Waals surface area contributed by atoms with E-state index in [2.05, 4.69) is 16.0 Å². The first-order chi connectivity index (χ1) is 15.6. The molecule has 3 amide bonds. The fraction of sp³-hybridized carbons (Fsp3) is 0.583. The van der Waals surface area contributed by atoms with E-state index in [0.717, 1.165) is 4.90 Å². The van der Waals surface area contributed by atoms with Gasteiger partial charge < -0.3 is 25.5 Å². The third-order valence-corrected chi connectivity index (χ3v) is 6.38. The molecule has 1 aromatic rings.